The van der Waals surface area contributed by atoms with E-state index in [0.717, 1.165) is 12.1 Å². The summed E-state index contributed by atoms with van der Waals surface area (Å²) in [6.45, 7) is 0.184. The average molecular weight is 318 g/mol. The number of benzene rings is 1. The molecule has 96 valence electrons. The molecule has 1 fully saturated rings. The molecule has 1 aliphatic rings. The molecule has 0 radical (unpaired) electrons. The van der Waals surface area contributed by atoms with E-state index in [9.17, 15) is 19.3 Å². The van der Waals surface area contributed by atoms with Gasteiger partial charge in [0.25, 0.3) is 5.69 Å². The topological polar surface area (TPSA) is 89.5 Å². The van der Waals surface area contributed by atoms with E-state index in [-0.39, 0.29) is 35.1 Å². The molecule has 1 heterocycles. The number of hydrogen-bond donors (Lipinski definition) is 1. The summed E-state index contributed by atoms with van der Waals surface area (Å²) in [5.41, 5.74) is 5.24. The van der Waals surface area contributed by atoms with E-state index in [4.69, 9.17) is 5.73 Å². The number of halogens is 2. The van der Waals surface area contributed by atoms with E-state index in [1.54, 1.807) is 0 Å². The lowest BCUT2D eigenvalue weighted by Crippen LogP contribution is -2.28. The summed E-state index contributed by atoms with van der Waals surface area (Å²) in [7, 11) is 0. The van der Waals surface area contributed by atoms with Crippen LogP contribution in [0.2, 0.25) is 0 Å². The number of nitrogens with two attached hydrogens (primary N) is 1. The minimum atomic E-state index is -0.742. The van der Waals surface area contributed by atoms with Gasteiger partial charge < -0.3 is 10.6 Å². The number of anilines is 1. The molecular weight excluding hydrogens is 309 g/mol. The SMILES string of the molecule is NC1CC(=O)N(c2c(Br)cc(F)cc2[N+](=O)[O-])C1. The summed E-state index contributed by atoms with van der Waals surface area (Å²) in [4.78, 5) is 23.1. The Hall–Kier alpha value is -1.54. The predicted octanol–water partition coefficient (Wildman–Crippen LogP) is 1.56. The highest BCUT2D eigenvalue weighted by Crippen LogP contribution is 2.38. The molecule has 1 aliphatic heterocycles. The lowest BCUT2D eigenvalue weighted by molar-refractivity contribution is -0.384. The fraction of sp³-hybridized carbons (Fsp3) is 0.300. The van der Waals surface area contributed by atoms with Crippen LogP contribution in [0.15, 0.2) is 16.6 Å². The van der Waals surface area contributed by atoms with Crippen LogP contribution in [0, 0.1) is 15.9 Å². The van der Waals surface area contributed by atoms with Crippen LogP contribution in [0.4, 0.5) is 15.8 Å². The lowest BCUT2D eigenvalue weighted by atomic mass is 10.2. The summed E-state index contributed by atoms with van der Waals surface area (Å²) >= 11 is 3.04. The number of nitrogens with zero attached hydrogens (tertiary/aromatic N) is 2. The maximum absolute atomic E-state index is 13.2. The van der Waals surface area contributed by atoms with Gasteiger partial charge in [0.2, 0.25) is 5.91 Å². The molecule has 0 aromatic heterocycles. The largest absolute Gasteiger partial charge is 0.326 e. The molecule has 0 saturated carbocycles. The number of rotatable bonds is 2. The van der Waals surface area contributed by atoms with Crippen molar-refractivity contribution in [3.8, 4) is 0 Å². The molecule has 2 rings (SSSR count). The second-order valence-corrected chi connectivity index (χ2v) is 4.84. The molecule has 1 atom stereocenters. The third-order valence-corrected chi connectivity index (χ3v) is 3.23. The van der Waals surface area contributed by atoms with Crippen molar-refractivity contribution in [2.45, 2.75) is 12.5 Å². The van der Waals surface area contributed by atoms with E-state index < -0.39 is 16.4 Å². The van der Waals surface area contributed by atoms with Crippen LogP contribution in [-0.4, -0.2) is 23.4 Å². The first-order valence-corrected chi connectivity index (χ1v) is 5.89. The second kappa shape index (κ2) is 4.62. The lowest BCUT2D eigenvalue weighted by Gasteiger charge is -2.17. The Morgan fingerprint density at radius 2 is 2.22 bits per heavy atom. The fourth-order valence-electron chi connectivity index (χ4n) is 1.91. The minimum Gasteiger partial charge on any atom is -0.326 e. The smallest absolute Gasteiger partial charge is 0.297 e. The van der Waals surface area contributed by atoms with E-state index in [1.807, 2.05) is 0 Å². The average Bonchev–Trinajstić information content (AvgIpc) is 2.56. The van der Waals surface area contributed by atoms with Gasteiger partial charge in [0.15, 0.2) is 0 Å². The summed E-state index contributed by atoms with van der Waals surface area (Å²) in [5.74, 6) is -1.05. The van der Waals surface area contributed by atoms with Gasteiger partial charge in [-0.15, -0.1) is 0 Å². The van der Waals surface area contributed by atoms with Gasteiger partial charge in [0.1, 0.15) is 11.5 Å². The first-order chi connectivity index (χ1) is 8.40. The van der Waals surface area contributed by atoms with Gasteiger partial charge in [-0.25, -0.2) is 4.39 Å². The molecule has 1 unspecified atom stereocenters. The van der Waals surface area contributed by atoms with Crippen molar-refractivity contribution in [3.05, 3.63) is 32.5 Å². The molecule has 0 spiro atoms. The third-order valence-electron chi connectivity index (χ3n) is 2.63. The summed E-state index contributed by atoms with van der Waals surface area (Å²) in [5, 5.41) is 10.9. The van der Waals surface area contributed by atoms with Gasteiger partial charge in [-0.3, -0.25) is 14.9 Å². The van der Waals surface area contributed by atoms with Gasteiger partial charge in [0, 0.05) is 19.0 Å². The number of hydrogen-bond acceptors (Lipinski definition) is 4. The predicted molar refractivity (Wildman–Crippen MR) is 65.7 cm³/mol. The maximum Gasteiger partial charge on any atom is 0.297 e. The summed E-state index contributed by atoms with van der Waals surface area (Å²) in [6.07, 6.45) is 0.126. The molecule has 1 saturated heterocycles. The number of carbonyl (C=O) groups excluding carboxylic acids is 1. The second-order valence-electron chi connectivity index (χ2n) is 3.98. The zero-order chi connectivity index (χ0) is 13.4. The van der Waals surface area contributed by atoms with Crippen LogP contribution in [0.25, 0.3) is 0 Å². The van der Waals surface area contributed by atoms with Gasteiger partial charge in [-0.05, 0) is 22.0 Å². The first kappa shape index (κ1) is 12.9. The Morgan fingerprint density at radius 3 is 2.72 bits per heavy atom. The van der Waals surface area contributed by atoms with Crippen LogP contribution in [0.3, 0.4) is 0 Å². The fourth-order valence-corrected chi connectivity index (χ4v) is 2.55. The third kappa shape index (κ3) is 2.21. The quantitative estimate of drug-likeness (QED) is 0.662. The summed E-state index contributed by atoms with van der Waals surface area (Å²) in [6, 6.07) is 1.51. The van der Waals surface area contributed by atoms with E-state index in [2.05, 4.69) is 15.9 Å². The molecule has 0 bridgehead atoms. The van der Waals surface area contributed by atoms with E-state index in [1.165, 1.54) is 4.90 Å². The molecular formula is C10H9BrFN3O3. The Bertz CT molecular complexity index is 537. The molecule has 1 aromatic carbocycles. The highest BCUT2D eigenvalue weighted by molar-refractivity contribution is 9.10. The van der Waals surface area contributed by atoms with Crippen LogP contribution in [0.1, 0.15) is 6.42 Å². The van der Waals surface area contributed by atoms with Crippen molar-refractivity contribution in [3.63, 3.8) is 0 Å². The van der Waals surface area contributed by atoms with Crippen molar-refractivity contribution in [2.24, 2.45) is 5.73 Å². The Morgan fingerprint density at radius 1 is 1.56 bits per heavy atom. The van der Waals surface area contributed by atoms with Crippen molar-refractivity contribution in [1.29, 1.82) is 0 Å². The van der Waals surface area contributed by atoms with Gasteiger partial charge in [-0.1, -0.05) is 0 Å². The Balaban J connectivity index is 2.56. The molecule has 18 heavy (non-hydrogen) atoms. The van der Waals surface area contributed by atoms with E-state index in [0.29, 0.717) is 0 Å². The number of carbonyl (C=O) groups is 1. The molecule has 8 heteroatoms. The van der Waals surface area contributed by atoms with Gasteiger partial charge >= 0.3 is 0 Å². The monoisotopic (exact) mass is 317 g/mol. The molecule has 2 N–H and O–H groups in total. The van der Waals surface area contributed by atoms with Crippen molar-refractivity contribution in [2.75, 3.05) is 11.4 Å². The van der Waals surface area contributed by atoms with Crippen LogP contribution in [-0.2, 0) is 4.79 Å². The van der Waals surface area contributed by atoms with Gasteiger partial charge in [0.05, 0.1) is 15.5 Å². The van der Waals surface area contributed by atoms with Gasteiger partial charge in [-0.2, -0.15) is 0 Å². The number of nitro benzene ring substituents is 1. The van der Waals surface area contributed by atoms with Crippen molar-refractivity contribution < 1.29 is 14.1 Å². The zero-order valence-electron chi connectivity index (χ0n) is 9.10. The molecule has 0 aliphatic carbocycles. The number of amides is 1. The Labute approximate surface area is 110 Å². The van der Waals surface area contributed by atoms with Crippen LogP contribution < -0.4 is 10.6 Å². The zero-order valence-corrected chi connectivity index (χ0v) is 10.7. The van der Waals surface area contributed by atoms with Crippen molar-refractivity contribution >= 4 is 33.2 Å². The first-order valence-electron chi connectivity index (χ1n) is 5.09. The maximum atomic E-state index is 13.2. The highest BCUT2D eigenvalue weighted by atomic mass is 79.9. The van der Waals surface area contributed by atoms with E-state index >= 15 is 0 Å². The Kier molecular flexibility index (Phi) is 3.31. The standard InChI is InChI=1S/C10H9BrFN3O3/c11-7-1-5(12)2-8(15(17)18)10(7)14-4-6(13)3-9(14)16/h1-2,6H,3-4,13H2. The molecule has 1 amide bonds. The molecule has 6 nitrogen and oxygen atoms in total. The van der Waals surface area contributed by atoms with Crippen molar-refractivity contribution in [1.82, 2.24) is 0 Å². The van der Waals surface area contributed by atoms with Crippen LogP contribution in [0.5, 0.6) is 0 Å². The van der Waals surface area contributed by atoms with Crippen LogP contribution >= 0.6 is 15.9 Å². The normalized spacial score (nSPS) is 19.4. The minimum absolute atomic E-state index is 0.0550. The number of nitro groups is 1. The summed E-state index contributed by atoms with van der Waals surface area (Å²) < 4.78 is 13.3. The highest BCUT2D eigenvalue weighted by Gasteiger charge is 2.34. The molecule has 1 aromatic rings.